The minimum absolute atomic E-state index is 0.0194. The Labute approximate surface area is 171 Å². The topological polar surface area (TPSA) is 86.4 Å². The van der Waals surface area contributed by atoms with Crippen molar-refractivity contribution in [3.8, 4) is 5.75 Å². The van der Waals surface area contributed by atoms with Crippen LogP contribution in [0, 0.1) is 12.8 Å². The molecule has 29 heavy (non-hydrogen) atoms. The van der Waals surface area contributed by atoms with Gasteiger partial charge in [0.2, 0.25) is 0 Å². The Hall–Kier alpha value is -2.31. The van der Waals surface area contributed by atoms with E-state index in [4.69, 9.17) is 4.74 Å². The van der Waals surface area contributed by atoms with Crippen LogP contribution in [-0.2, 0) is 12.8 Å². The van der Waals surface area contributed by atoms with Gasteiger partial charge in [-0.1, -0.05) is 0 Å². The van der Waals surface area contributed by atoms with Gasteiger partial charge in [0.05, 0.1) is 0 Å². The second-order valence-corrected chi connectivity index (χ2v) is 8.68. The molecule has 2 heterocycles. The van der Waals surface area contributed by atoms with E-state index < -0.39 is 6.10 Å². The number of carbonyl (C=O) groups is 1. The van der Waals surface area contributed by atoms with Crippen LogP contribution in [0.3, 0.4) is 0 Å². The predicted octanol–water partition coefficient (Wildman–Crippen LogP) is 2.60. The maximum atomic E-state index is 12.8. The maximum Gasteiger partial charge on any atom is 0.169 e. The number of nitrogens with one attached hydrogen (secondary N) is 3. The molecule has 6 heteroatoms. The highest BCUT2D eigenvalue weighted by Gasteiger charge is 2.37. The molecule has 4 N–H and O–H groups in total. The van der Waals surface area contributed by atoms with Crippen molar-refractivity contribution >= 4 is 11.5 Å². The molecule has 4 atom stereocenters. The first-order valence-corrected chi connectivity index (χ1v) is 10.8. The normalized spacial score (nSPS) is 28.1. The van der Waals surface area contributed by atoms with Crippen LogP contribution in [0.15, 0.2) is 24.3 Å². The van der Waals surface area contributed by atoms with Gasteiger partial charge in [0.15, 0.2) is 5.78 Å². The summed E-state index contributed by atoms with van der Waals surface area (Å²) >= 11 is 0. The Bertz CT molecular complexity index is 922. The molecule has 1 fully saturated rings. The van der Waals surface area contributed by atoms with Crippen LogP contribution in [0.4, 0.5) is 5.69 Å². The molecule has 5 rings (SSSR count). The summed E-state index contributed by atoms with van der Waals surface area (Å²) in [5, 5.41) is 17.6. The number of fused-ring (bicyclic) bond motifs is 2. The largest absolute Gasteiger partial charge is 0.488 e. The van der Waals surface area contributed by atoms with Crippen molar-refractivity contribution in [3.63, 3.8) is 0 Å². The van der Waals surface area contributed by atoms with E-state index in [2.05, 4.69) is 27.8 Å². The molecule has 4 unspecified atom stereocenters. The number of H-pyrrole nitrogens is 1. The molecular formula is C23H29N3O3. The van der Waals surface area contributed by atoms with E-state index in [0.717, 1.165) is 61.3 Å². The molecule has 2 aromatic rings. The van der Waals surface area contributed by atoms with Crippen LogP contribution < -0.4 is 15.4 Å². The lowest BCUT2D eigenvalue weighted by atomic mass is 9.86. The molecule has 0 saturated heterocycles. The number of aliphatic hydroxyl groups is 1. The number of hydrogen-bond acceptors (Lipinski definition) is 5. The number of aromatic amines is 1. The summed E-state index contributed by atoms with van der Waals surface area (Å²) in [6.45, 7) is 3.58. The van der Waals surface area contributed by atoms with Gasteiger partial charge in [0.1, 0.15) is 18.0 Å². The van der Waals surface area contributed by atoms with Gasteiger partial charge in [0, 0.05) is 47.7 Å². The molecule has 1 aliphatic heterocycles. The summed E-state index contributed by atoms with van der Waals surface area (Å²) in [7, 11) is 0. The summed E-state index contributed by atoms with van der Waals surface area (Å²) in [6, 6.07) is 8.05. The number of ketones is 1. The SMILES string of the molecule is Cc1cc2c([nH]1)CCC(CNC1CCC(Oc3ccc4c(c3)CCN4)C1O)C2=O. The Kier molecular flexibility index (Phi) is 4.84. The van der Waals surface area contributed by atoms with Crippen LogP contribution in [0.5, 0.6) is 5.75 Å². The lowest BCUT2D eigenvalue weighted by Crippen LogP contribution is -2.44. The molecule has 154 valence electrons. The van der Waals surface area contributed by atoms with Gasteiger partial charge in [-0.05, 0) is 68.9 Å². The van der Waals surface area contributed by atoms with Gasteiger partial charge >= 0.3 is 0 Å². The standard InChI is InChI=1S/C23H29N3O3/c1-13-10-17-19(26-13)4-2-15(22(17)27)12-25-20-6-7-21(23(20)28)29-16-3-5-18-14(11-16)8-9-24-18/h3,5,10-11,15,20-21,23-26,28H,2,4,6-9,12H2,1H3. The number of rotatable bonds is 5. The molecule has 1 saturated carbocycles. The second-order valence-electron chi connectivity index (χ2n) is 8.68. The van der Waals surface area contributed by atoms with Gasteiger partial charge in [-0.15, -0.1) is 0 Å². The van der Waals surface area contributed by atoms with Gasteiger partial charge in [-0.3, -0.25) is 4.79 Å². The van der Waals surface area contributed by atoms with Crippen LogP contribution in [0.25, 0.3) is 0 Å². The zero-order valence-corrected chi connectivity index (χ0v) is 16.8. The first-order valence-electron chi connectivity index (χ1n) is 10.8. The highest BCUT2D eigenvalue weighted by molar-refractivity contribution is 6.00. The first kappa shape index (κ1) is 18.7. The molecule has 0 amide bonds. The van der Waals surface area contributed by atoms with E-state index >= 15 is 0 Å². The number of aliphatic hydroxyl groups excluding tert-OH is 1. The zero-order valence-electron chi connectivity index (χ0n) is 16.8. The monoisotopic (exact) mass is 395 g/mol. The average molecular weight is 396 g/mol. The number of aryl methyl sites for hydroxylation is 2. The van der Waals surface area contributed by atoms with Gasteiger partial charge in [-0.25, -0.2) is 0 Å². The predicted molar refractivity (Wildman–Crippen MR) is 112 cm³/mol. The summed E-state index contributed by atoms with van der Waals surface area (Å²) in [6.07, 6.45) is 3.67. The maximum absolute atomic E-state index is 12.8. The molecule has 1 aromatic heterocycles. The van der Waals surface area contributed by atoms with Crippen LogP contribution in [0.1, 0.15) is 46.6 Å². The third-order valence-electron chi connectivity index (χ3n) is 6.67. The number of carbonyl (C=O) groups excluding carboxylic acids is 1. The van der Waals surface area contributed by atoms with Crippen molar-refractivity contribution in [1.29, 1.82) is 0 Å². The van der Waals surface area contributed by atoms with E-state index in [9.17, 15) is 9.90 Å². The van der Waals surface area contributed by atoms with Crippen molar-refractivity contribution in [2.24, 2.45) is 5.92 Å². The lowest BCUT2D eigenvalue weighted by molar-refractivity contribution is 0.0441. The Morgan fingerprint density at radius 2 is 2.10 bits per heavy atom. The molecule has 0 spiro atoms. The highest BCUT2D eigenvalue weighted by Crippen LogP contribution is 2.31. The minimum Gasteiger partial charge on any atom is -0.488 e. The molecule has 2 aliphatic carbocycles. The van der Waals surface area contributed by atoms with Crippen molar-refractivity contribution in [1.82, 2.24) is 10.3 Å². The fourth-order valence-corrected chi connectivity index (χ4v) is 5.05. The van der Waals surface area contributed by atoms with Crippen molar-refractivity contribution in [2.75, 3.05) is 18.4 Å². The molecular weight excluding hydrogens is 366 g/mol. The smallest absolute Gasteiger partial charge is 0.169 e. The van der Waals surface area contributed by atoms with E-state index in [0.29, 0.717) is 6.54 Å². The molecule has 3 aliphatic rings. The van der Waals surface area contributed by atoms with Gasteiger partial charge < -0.3 is 25.5 Å². The van der Waals surface area contributed by atoms with Crippen LogP contribution in [-0.4, -0.2) is 47.2 Å². The fraction of sp³-hybridized carbons (Fsp3) is 0.522. The fourth-order valence-electron chi connectivity index (χ4n) is 5.05. The quantitative estimate of drug-likeness (QED) is 0.625. The Morgan fingerprint density at radius 3 is 3.00 bits per heavy atom. The van der Waals surface area contributed by atoms with E-state index in [1.54, 1.807) is 0 Å². The Balaban J connectivity index is 1.17. The van der Waals surface area contributed by atoms with Crippen molar-refractivity contribution < 1.29 is 14.6 Å². The number of ether oxygens (including phenoxy) is 1. The summed E-state index contributed by atoms with van der Waals surface area (Å²) in [4.78, 5) is 16.1. The number of aromatic nitrogens is 1. The minimum atomic E-state index is -0.565. The molecule has 6 nitrogen and oxygen atoms in total. The van der Waals surface area contributed by atoms with Crippen LogP contribution in [0.2, 0.25) is 0 Å². The van der Waals surface area contributed by atoms with Crippen molar-refractivity contribution in [2.45, 2.75) is 57.3 Å². The Morgan fingerprint density at radius 1 is 1.21 bits per heavy atom. The number of benzene rings is 1. The van der Waals surface area contributed by atoms with Gasteiger partial charge in [0.25, 0.3) is 0 Å². The summed E-state index contributed by atoms with van der Waals surface area (Å²) < 4.78 is 6.12. The lowest BCUT2D eigenvalue weighted by Gasteiger charge is -2.25. The number of Topliss-reactive ketones (excluding diaryl/α,β-unsaturated/α-hetero) is 1. The number of hydrogen-bond donors (Lipinski definition) is 4. The van der Waals surface area contributed by atoms with Gasteiger partial charge in [-0.2, -0.15) is 0 Å². The van der Waals surface area contributed by atoms with Crippen LogP contribution >= 0.6 is 0 Å². The molecule has 1 aromatic carbocycles. The number of anilines is 1. The third-order valence-corrected chi connectivity index (χ3v) is 6.67. The second kappa shape index (κ2) is 7.50. The first-order chi connectivity index (χ1) is 14.1. The average Bonchev–Trinajstić information content (AvgIpc) is 3.41. The zero-order chi connectivity index (χ0) is 20.0. The molecule has 0 radical (unpaired) electrons. The molecule has 0 bridgehead atoms. The van der Waals surface area contributed by atoms with E-state index in [-0.39, 0.29) is 23.8 Å². The summed E-state index contributed by atoms with van der Waals surface area (Å²) in [5.41, 5.74) is 5.43. The third kappa shape index (κ3) is 3.55. The summed E-state index contributed by atoms with van der Waals surface area (Å²) in [5.74, 6) is 1.03. The van der Waals surface area contributed by atoms with E-state index in [1.807, 2.05) is 19.1 Å². The van der Waals surface area contributed by atoms with Crippen molar-refractivity contribution in [3.05, 3.63) is 46.8 Å². The highest BCUT2D eigenvalue weighted by atomic mass is 16.5. The van der Waals surface area contributed by atoms with E-state index in [1.165, 1.54) is 11.3 Å².